The van der Waals surface area contributed by atoms with Gasteiger partial charge in [-0.3, -0.25) is 9.59 Å². The minimum Gasteiger partial charge on any atom is -0.382 e. The van der Waals surface area contributed by atoms with Crippen LogP contribution in [0.15, 0.2) is 40.9 Å². The Hall–Kier alpha value is -2.67. The van der Waals surface area contributed by atoms with Crippen molar-refractivity contribution in [2.45, 2.75) is 26.2 Å². The normalized spacial score (nSPS) is 14.8. The lowest BCUT2D eigenvalue weighted by Crippen LogP contribution is -2.43. The van der Waals surface area contributed by atoms with E-state index in [1.807, 2.05) is 37.3 Å². The molecule has 0 spiro atoms. The Kier molecular flexibility index (Phi) is 7.19. The number of amides is 2. The van der Waals surface area contributed by atoms with Gasteiger partial charge in [-0.25, -0.2) is 0 Å². The van der Waals surface area contributed by atoms with Gasteiger partial charge in [0.2, 0.25) is 11.7 Å². The predicted molar refractivity (Wildman–Crippen MR) is 105 cm³/mol. The smallest absolute Gasteiger partial charge is 0.292 e. The Balaban J connectivity index is 1.46. The third-order valence-corrected chi connectivity index (χ3v) is 4.91. The number of nitrogens with one attached hydrogen (secondary N) is 1. The molecule has 1 aliphatic rings. The van der Waals surface area contributed by atoms with Gasteiger partial charge in [-0.05, 0) is 26.2 Å². The summed E-state index contributed by atoms with van der Waals surface area (Å²) in [6.07, 6.45) is 2.12. The SMILES string of the molecule is CCOCCCNC(=O)C1CCN(C(=O)c2cc(-c3ccccc3)no2)CC1. The first-order valence-corrected chi connectivity index (χ1v) is 9.86. The van der Waals surface area contributed by atoms with Gasteiger partial charge in [-0.1, -0.05) is 35.5 Å². The average Bonchev–Trinajstić information content (AvgIpc) is 3.24. The molecule has 0 aliphatic carbocycles. The van der Waals surface area contributed by atoms with Crippen LogP contribution in [-0.2, 0) is 9.53 Å². The van der Waals surface area contributed by atoms with Crippen LogP contribution >= 0.6 is 0 Å². The molecule has 0 bridgehead atoms. The maximum absolute atomic E-state index is 12.7. The van der Waals surface area contributed by atoms with Gasteiger partial charge < -0.3 is 19.5 Å². The lowest BCUT2D eigenvalue weighted by atomic mass is 9.95. The zero-order valence-electron chi connectivity index (χ0n) is 16.2. The zero-order valence-corrected chi connectivity index (χ0v) is 16.2. The second-order valence-electron chi connectivity index (χ2n) is 6.85. The second kappa shape index (κ2) is 10.0. The minimum atomic E-state index is -0.176. The lowest BCUT2D eigenvalue weighted by Gasteiger charge is -2.30. The van der Waals surface area contributed by atoms with Crippen molar-refractivity contribution >= 4 is 11.8 Å². The highest BCUT2D eigenvalue weighted by molar-refractivity contribution is 5.92. The average molecular weight is 385 g/mol. The maximum Gasteiger partial charge on any atom is 0.292 e. The Labute approximate surface area is 165 Å². The summed E-state index contributed by atoms with van der Waals surface area (Å²) in [4.78, 5) is 26.7. The summed E-state index contributed by atoms with van der Waals surface area (Å²) in [5.41, 5.74) is 1.55. The van der Waals surface area contributed by atoms with E-state index in [0.29, 0.717) is 51.4 Å². The van der Waals surface area contributed by atoms with E-state index in [0.717, 1.165) is 12.0 Å². The van der Waals surface area contributed by atoms with E-state index in [9.17, 15) is 9.59 Å². The number of hydrogen-bond acceptors (Lipinski definition) is 5. The van der Waals surface area contributed by atoms with E-state index in [-0.39, 0.29) is 23.5 Å². The van der Waals surface area contributed by atoms with Crippen molar-refractivity contribution < 1.29 is 18.8 Å². The van der Waals surface area contributed by atoms with Crippen LogP contribution in [0.1, 0.15) is 36.7 Å². The topological polar surface area (TPSA) is 84.7 Å². The molecule has 0 unspecified atom stereocenters. The van der Waals surface area contributed by atoms with Crippen molar-refractivity contribution in [1.82, 2.24) is 15.4 Å². The quantitative estimate of drug-likeness (QED) is 0.707. The molecule has 1 fully saturated rings. The van der Waals surface area contributed by atoms with Gasteiger partial charge in [0, 0.05) is 50.4 Å². The number of nitrogens with zero attached hydrogens (tertiary/aromatic N) is 2. The third-order valence-electron chi connectivity index (χ3n) is 4.91. The molecule has 3 rings (SSSR count). The number of rotatable bonds is 8. The van der Waals surface area contributed by atoms with Crippen molar-refractivity contribution in [2.75, 3.05) is 32.8 Å². The standard InChI is InChI=1S/C21H27N3O4/c1-2-27-14-6-11-22-20(25)17-9-12-24(13-10-17)21(26)19-15-18(23-28-19)16-7-4-3-5-8-16/h3-5,7-8,15,17H,2,6,9-14H2,1H3,(H,22,25). The van der Waals surface area contributed by atoms with Gasteiger partial charge in [0.15, 0.2) is 0 Å². The molecule has 150 valence electrons. The molecule has 1 N–H and O–H groups in total. The van der Waals surface area contributed by atoms with Gasteiger partial charge in [0.1, 0.15) is 5.69 Å². The molecule has 0 radical (unpaired) electrons. The van der Waals surface area contributed by atoms with Gasteiger partial charge in [0.05, 0.1) is 0 Å². The molecule has 28 heavy (non-hydrogen) atoms. The summed E-state index contributed by atoms with van der Waals surface area (Å²) < 4.78 is 10.5. The number of likely N-dealkylation sites (tertiary alicyclic amines) is 1. The minimum absolute atomic E-state index is 0.0502. The van der Waals surface area contributed by atoms with Crippen molar-refractivity contribution in [2.24, 2.45) is 5.92 Å². The van der Waals surface area contributed by atoms with Crippen LogP contribution in [0.4, 0.5) is 0 Å². The number of carbonyl (C=O) groups is 2. The first kappa shape index (κ1) is 20.1. The first-order valence-electron chi connectivity index (χ1n) is 9.86. The van der Waals surface area contributed by atoms with Crippen molar-refractivity contribution in [1.29, 1.82) is 0 Å². The number of aromatic nitrogens is 1. The van der Waals surface area contributed by atoms with Gasteiger partial charge in [-0.2, -0.15) is 0 Å². The molecule has 0 saturated carbocycles. The fraction of sp³-hybridized carbons (Fsp3) is 0.476. The van der Waals surface area contributed by atoms with Gasteiger partial charge >= 0.3 is 0 Å². The lowest BCUT2D eigenvalue weighted by molar-refractivity contribution is -0.126. The Bertz CT molecular complexity index is 767. The van der Waals surface area contributed by atoms with Crippen LogP contribution in [0.5, 0.6) is 0 Å². The predicted octanol–water partition coefficient (Wildman–Crippen LogP) is 2.74. The van der Waals surface area contributed by atoms with Crippen LogP contribution in [0.3, 0.4) is 0 Å². The summed E-state index contributed by atoms with van der Waals surface area (Å²) in [6, 6.07) is 11.3. The summed E-state index contributed by atoms with van der Waals surface area (Å²) in [7, 11) is 0. The maximum atomic E-state index is 12.7. The van der Waals surface area contributed by atoms with E-state index in [1.54, 1.807) is 11.0 Å². The third kappa shape index (κ3) is 5.19. The molecule has 2 aromatic rings. The van der Waals surface area contributed by atoms with Crippen molar-refractivity contribution in [3.63, 3.8) is 0 Å². The van der Waals surface area contributed by atoms with Crippen molar-refractivity contribution in [3.05, 3.63) is 42.2 Å². The molecule has 1 saturated heterocycles. The summed E-state index contributed by atoms with van der Waals surface area (Å²) >= 11 is 0. The second-order valence-corrected chi connectivity index (χ2v) is 6.85. The molecular formula is C21H27N3O4. The Morgan fingerprint density at radius 1 is 1.25 bits per heavy atom. The van der Waals surface area contributed by atoms with Crippen LogP contribution in [0, 0.1) is 5.92 Å². The summed E-state index contributed by atoms with van der Waals surface area (Å²) in [6.45, 7) is 5.01. The molecule has 1 aliphatic heterocycles. The number of hydrogen-bond donors (Lipinski definition) is 1. The fourth-order valence-corrected chi connectivity index (χ4v) is 3.30. The van der Waals surface area contributed by atoms with Crippen LogP contribution < -0.4 is 5.32 Å². The molecule has 2 amide bonds. The van der Waals surface area contributed by atoms with Crippen LogP contribution in [-0.4, -0.2) is 54.7 Å². The highest BCUT2D eigenvalue weighted by Gasteiger charge is 2.29. The highest BCUT2D eigenvalue weighted by atomic mass is 16.5. The Morgan fingerprint density at radius 2 is 2.00 bits per heavy atom. The monoisotopic (exact) mass is 385 g/mol. The summed E-state index contributed by atoms with van der Waals surface area (Å²) in [5.74, 6) is 0.0725. The molecule has 7 heteroatoms. The molecule has 1 aromatic heterocycles. The zero-order chi connectivity index (χ0) is 19.8. The van der Waals surface area contributed by atoms with Crippen LogP contribution in [0.25, 0.3) is 11.3 Å². The molecule has 1 aromatic carbocycles. The van der Waals surface area contributed by atoms with E-state index < -0.39 is 0 Å². The number of benzene rings is 1. The first-order chi connectivity index (χ1) is 13.7. The Morgan fingerprint density at radius 3 is 2.71 bits per heavy atom. The number of piperidine rings is 1. The summed E-state index contributed by atoms with van der Waals surface area (Å²) in [5, 5.41) is 6.96. The highest BCUT2D eigenvalue weighted by Crippen LogP contribution is 2.22. The van der Waals surface area contributed by atoms with Gasteiger partial charge in [0.25, 0.3) is 5.91 Å². The van der Waals surface area contributed by atoms with E-state index in [2.05, 4.69) is 10.5 Å². The molecule has 7 nitrogen and oxygen atoms in total. The van der Waals surface area contributed by atoms with E-state index >= 15 is 0 Å². The molecule has 2 heterocycles. The van der Waals surface area contributed by atoms with Crippen LogP contribution in [0.2, 0.25) is 0 Å². The number of ether oxygens (including phenoxy) is 1. The van der Waals surface area contributed by atoms with Crippen molar-refractivity contribution in [3.8, 4) is 11.3 Å². The number of carbonyl (C=O) groups excluding carboxylic acids is 2. The van der Waals surface area contributed by atoms with E-state index in [1.165, 1.54) is 0 Å². The van der Waals surface area contributed by atoms with E-state index in [4.69, 9.17) is 9.26 Å². The molecule has 0 atom stereocenters. The fourth-order valence-electron chi connectivity index (χ4n) is 3.30. The largest absolute Gasteiger partial charge is 0.382 e. The van der Waals surface area contributed by atoms with Gasteiger partial charge in [-0.15, -0.1) is 0 Å². The molecular weight excluding hydrogens is 358 g/mol.